The van der Waals surface area contributed by atoms with Crippen molar-refractivity contribution < 1.29 is 34.2 Å². The number of hydrogen-bond acceptors (Lipinski definition) is 8. The van der Waals surface area contributed by atoms with E-state index in [2.05, 4.69) is 26.3 Å². The van der Waals surface area contributed by atoms with Gasteiger partial charge in [0.1, 0.15) is 4.88 Å². The van der Waals surface area contributed by atoms with Crippen molar-refractivity contribution >= 4 is 52.1 Å². The third kappa shape index (κ3) is 9.84. The van der Waals surface area contributed by atoms with Crippen LogP contribution in [0.4, 0.5) is 20.4 Å². The van der Waals surface area contributed by atoms with Gasteiger partial charge in [-0.1, -0.05) is 23.5 Å². The molecule has 0 fully saturated rings. The minimum absolute atomic E-state index is 0.205. The van der Waals surface area contributed by atoms with Crippen LogP contribution in [0.25, 0.3) is 0 Å². The first kappa shape index (κ1) is 27.8. The van der Waals surface area contributed by atoms with Crippen LogP contribution in [0.1, 0.15) is 34.8 Å². The third-order valence-electron chi connectivity index (χ3n) is 4.42. The second-order valence-corrected chi connectivity index (χ2v) is 8.39. The summed E-state index contributed by atoms with van der Waals surface area (Å²) in [6, 6.07) is 6.81. The molecule has 0 aliphatic rings. The van der Waals surface area contributed by atoms with Gasteiger partial charge < -0.3 is 31.5 Å². The Morgan fingerprint density at radius 3 is 2.06 bits per heavy atom. The molecular weight excluding hydrogens is 494 g/mol. The average molecular weight is 522 g/mol. The fraction of sp³-hybridized carbons (Fsp3) is 0.333. The molecular formula is C21H27N7O7S. The highest BCUT2D eigenvalue weighted by molar-refractivity contribution is 7.17. The summed E-state index contributed by atoms with van der Waals surface area (Å²) in [6.45, 7) is 3.23. The zero-order valence-electron chi connectivity index (χ0n) is 19.5. The summed E-state index contributed by atoms with van der Waals surface area (Å²) in [5.41, 5.74) is 1.84. The first-order valence-corrected chi connectivity index (χ1v) is 11.5. The first-order valence-electron chi connectivity index (χ1n) is 10.7. The topological polar surface area (TPSA) is 211 Å². The minimum Gasteiger partial charge on any atom is -0.465 e. The zero-order chi connectivity index (χ0) is 26.7. The Hall–Kier alpha value is -4.40. The van der Waals surface area contributed by atoms with Gasteiger partial charge in [0.2, 0.25) is 11.8 Å². The number of carbonyl (C=O) groups is 5. The van der Waals surface area contributed by atoms with Crippen LogP contribution < -0.4 is 31.9 Å². The zero-order valence-corrected chi connectivity index (χ0v) is 20.3. The van der Waals surface area contributed by atoms with E-state index >= 15 is 0 Å². The van der Waals surface area contributed by atoms with Gasteiger partial charge in [-0.25, -0.2) is 14.6 Å². The van der Waals surface area contributed by atoms with Gasteiger partial charge in [0.25, 0.3) is 5.91 Å². The summed E-state index contributed by atoms with van der Waals surface area (Å²) in [6.07, 6.45) is -3.18. The van der Waals surface area contributed by atoms with Gasteiger partial charge in [0, 0.05) is 32.6 Å². The summed E-state index contributed by atoms with van der Waals surface area (Å²) < 4.78 is 0. The maximum Gasteiger partial charge on any atom is 0.407 e. The predicted octanol–water partition coefficient (Wildman–Crippen LogP) is 0.983. The molecule has 0 radical (unpaired) electrons. The molecule has 1 aromatic heterocycles. The van der Waals surface area contributed by atoms with E-state index < -0.39 is 18.5 Å². The summed E-state index contributed by atoms with van der Waals surface area (Å²) in [4.78, 5) is 61.4. The minimum atomic E-state index is -1.41. The molecule has 0 aliphatic heterocycles. The van der Waals surface area contributed by atoms with Crippen LogP contribution in [0.3, 0.4) is 0 Å². The second-order valence-electron chi connectivity index (χ2n) is 7.39. The maximum absolute atomic E-state index is 12.7. The molecule has 0 saturated heterocycles. The van der Waals surface area contributed by atoms with Crippen LogP contribution in [0.5, 0.6) is 0 Å². The van der Waals surface area contributed by atoms with E-state index in [4.69, 9.17) is 10.2 Å². The van der Waals surface area contributed by atoms with Crippen LogP contribution in [-0.4, -0.2) is 64.5 Å². The molecule has 1 heterocycles. The molecule has 0 atom stereocenters. The number of aromatic nitrogens is 1. The van der Waals surface area contributed by atoms with Crippen LogP contribution in [0.15, 0.2) is 24.3 Å². The number of thiazole rings is 1. The number of nitrogens with one attached hydrogen (secondary N) is 6. The van der Waals surface area contributed by atoms with Crippen molar-refractivity contribution in [3.63, 3.8) is 0 Å². The largest absolute Gasteiger partial charge is 0.465 e. The molecule has 0 saturated carbocycles. The standard InChI is InChI=1S/C21H27N7O7S/c1-11(29)22-9-10-23-17(31)16-15(26-19(36-16)24-12(2)30)8-5-13-3-6-14(7-4-13)25-18(27-20(32)33)28-21(34)35/h3-4,6-7,18,25,27-28H,5,8-10H2,1-2H3,(H,22,29)(H,23,31)(H,32,33)(H,34,35)(H,24,26,30). The summed E-state index contributed by atoms with van der Waals surface area (Å²) in [5.74, 6) is -0.889. The van der Waals surface area contributed by atoms with Gasteiger partial charge in [-0.3, -0.25) is 25.0 Å². The number of amides is 5. The molecule has 0 aliphatic carbocycles. The van der Waals surface area contributed by atoms with Crippen LogP contribution in [0.2, 0.25) is 0 Å². The fourth-order valence-electron chi connectivity index (χ4n) is 2.95. The Balaban J connectivity index is 2.05. The summed E-state index contributed by atoms with van der Waals surface area (Å²) in [7, 11) is 0. The number of nitrogens with zero attached hydrogens (tertiary/aromatic N) is 1. The van der Waals surface area contributed by atoms with E-state index in [1.165, 1.54) is 13.8 Å². The molecule has 14 nitrogen and oxygen atoms in total. The Morgan fingerprint density at radius 1 is 0.889 bits per heavy atom. The number of anilines is 2. The number of carbonyl (C=O) groups excluding carboxylic acids is 3. The van der Waals surface area contributed by atoms with Crippen LogP contribution >= 0.6 is 11.3 Å². The highest BCUT2D eigenvalue weighted by atomic mass is 32.1. The summed E-state index contributed by atoms with van der Waals surface area (Å²) >= 11 is 1.05. The van der Waals surface area contributed by atoms with Crippen molar-refractivity contribution in [2.45, 2.75) is 33.0 Å². The van der Waals surface area contributed by atoms with Crippen LogP contribution in [0, 0.1) is 0 Å². The van der Waals surface area contributed by atoms with Crippen LogP contribution in [-0.2, 0) is 22.4 Å². The number of rotatable bonds is 12. The van der Waals surface area contributed by atoms with E-state index in [1.807, 2.05) is 10.6 Å². The lowest BCUT2D eigenvalue weighted by atomic mass is 10.1. The van der Waals surface area contributed by atoms with Crippen molar-refractivity contribution in [2.24, 2.45) is 0 Å². The molecule has 2 aromatic rings. The summed E-state index contributed by atoms with van der Waals surface area (Å²) in [5, 5.41) is 32.5. The van der Waals surface area contributed by atoms with Gasteiger partial charge in [0.05, 0.1) is 5.69 Å². The Kier molecular flexibility index (Phi) is 10.4. The molecule has 194 valence electrons. The lowest BCUT2D eigenvalue weighted by molar-refractivity contribution is -0.119. The lowest BCUT2D eigenvalue weighted by Gasteiger charge is -2.19. The third-order valence-corrected chi connectivity index (χ3v) is 5.43. The second kappa shape index (κ2) is 13.5. The first-order chi connectivity index (χ1) is 17.0. The molecule has 0 bridgehead atoms. The molecule has 36 heavy (non-hydrogen) atoms. The number of benzene rings is 1. The van der Waals surface area contributed by atoms with E-state index in [9.17, 15) is 24.0 Å². The van der Waals surface area contributed by atoms with Crippen molar-refractivity contribution in [3.8, 4) is 0 Å². The Morgan fingerprint density at radius 2 is 1.50 bits per heavy atom. The van der Waals surface area contributed by atoms with E-state index in [0.717, 1.165) is 16.9 Å². The van der Waals surface area contributed by atoms with Gasteiger partial charge in [-0.2, -0.15) is 0 Å². The van der Waals surface area contributed by atoms with Crippen molar-refractivity contribution in [3.05, 3.63) is 40.4 Å². The molecule has 15 heteroatoms. The van der Waals surface area contributed by atoms with Crippen molar-refractivity contribution in [2.75, 3.05) is 23.7 Å². The van der Waals surface area contributed by atoms with Crippen molar-refractivity contribution in [1.29, 1.82) is 0 Å². The van der Waals surface area contributed by atoms with E-state index in [0.29, 0.717) is 34.2 Å². The monoisotopic (exact) mass is 521 g/mol. The van der Waals surface area contributed by atoms with Gasteiger partial charge in [-0.05, 0) is 30.5 Å². The highest BCUT2D eigenvalue weighted by Crippen LogP contribution is 2.25. The number of hydrogen-bond donors (Lipinski definition) is 8. The lowest BCUT2D eigenvalue weighted by Crippen LogP contribution is -2.52. The molecule has 0 spiro atoms. The van der Waals surface area contributed by atoms with Gasteiger partial charge in [-0.15, -0.1) is 0 Å². The normalized spacial score (nSPS) is 10.3. The molecule has 2 rings (SSSR count). The Labute approximate surface area is 209 Å². The number of aryl methyl sites for hydroxylation is 2. The van der Waals surface area contributed by atoms with Gasteiger partial charge >= 0.3 is 12.2 Å². The quantitative estimate of drug-likeness (QED) is 0.147. The SMILES string of the molecule is CC(=O)NCCNC(=O)c1sc(NC(C)=O)nc1CCc1ccc(NC(NC(=O)O)NC(=O)O)cc1. The van der Waals surface area contributed by atoms with Crippen molar-refractivity contribution in [1.82, 2.24) is 26.3 Å². The molecule has 0 unspecified atom stereocenters. The number of carboxylic acid groups (broad SMARTS) is 2. The molecule has 8 N–H and O–H groups in total. The predicted molar refractivity (Wildman–Crippen MR) is 131 cm³/mol. The maximum atomic E-state index is 12.7. The Bertz CT molecular complexity index is 1090. The van der Waals surface area contributed by atoms with Gasteiger partial charge in [0.15, 0.2) is 11.4 Å². The average Bonchev–Trinajstić information content (AvgIpc) is 3.17. The van der Waals surface area contributed by atoms with E-state index in [-0.39, 0.29) is 30.8 Å². The molecule has 5 amide bonds. The fourth-order valence-corrected chi connectivity index (χ4v) is 3.92. The smallest absolute Gasteiger partial charge is 0.407 e. The van der Waals surface area contributed by atoms with E-state index in [1.54, 1.807) is 24.3 Å². The highest BCUT2D eigenvalue weighted by Gasteiger charge is 2.19. The molecule has 1 aromatic carbocycles.